The van der Waals surface area contributed by atoms with Gasteiger partial charge in [-0.1, -0.05) is 37.3 Å². The number of hydrogen-bond donors (Lipinski definition) is 3. The van der Waals surface area contributed by atoms with Crippen molar-refractivity contribution in [2.24, 2.45) is 11.7 Å². The van der Waals surface area contributed by atoms with Gasteiger partial charge in [0.15, 0.2) is 0 Å². The molecule has 4 N–H and O–H groups in total. The van der Waals surface area contributed by atoms with Crippen LogP contribution in [0.15, 0.2) is 30.3 Å². The summed E-state index contributed by atoms with van der Waals surface area (Å²) in [6.45, 7) is 5.36. The van der Waals surface area contributed by atoms with Gasteiger partial charge in [0.25, 0.3) is 0 Å². The third-order valence-corrected chi connectivity index (χ3v) is 4.21. The van der Waals surface area contributed by atoms with Gasteiger partial charge in [-0.25, -0.2) is 0 Å². The molecule has 3 atom stereocenters. The van der Waals surface area contributed by atoms with Gasteiger partial charge in [0.1, 0.15) is 6.04 Å². The maximum Gasteiger partial charge on any atom is 0.308 e. The van der Waals surface area contributed by atoms with Crippen LogP contribution in [-0.4, -0.2) is 36.3 Å². The quantitative estimate of drug-likeness (QED) is 0.489. The molecule has 0 aromatic heterocycles. The number of nitrogens with two attached hydrogens (primary N) is 1. The van der Waals surface area contributed by atoms with Crippen molar-refractivity contribution in [3.63, 3.8) is 0 Å². The summed E-state index contributed by atoms with van der Waals surface area (Å²) in [6, 6.07) is 8.28. The number of ether oxygens (including phenoxy) is 1. The predicted octanol–water partition coefficient (Wildman–Crippen LogP) is 1.20. The fourth-order valence-corrected chi connectivity index (χ4v) is 2.61. The molecule has 1 aromatic carbocycles. The number of esters is 1. The number of amides is 3. The van der Waals surface area contributed by atoms with Gasteiger partial charge in [-0.05, 0) is 25.8 Å². The first-order valence-electron chi connectivity index (χ1n) is 9.34. The standard InChI is InChI=1S/C20H29N3O5/c1-4-28-20(27)13(2)12-16(19(21)26)23-18(25)11-10-17(24)22-14(3)15-8-6-5-7-9-15/h5-9,13-14,16H,4,10-12H2,1-3H3,(H2,21,26)(H,22,24)(H,23,25)/t13-,14-,16+/m1/s1. The molecule has 28 heavy (non-hydrogen) atoms. The lowest BCUT2D eigenvalue weighted by Gasteiger charge is -2.19. The van der Waals surface area contributed by atoms with Gasteiger partial charge in [0.2, 0.25) is 17.7 Å². The number of benzene rings is 1. The number of rotatable bonds is 11. The van der Waals surface area contributed by atoms with E-state index in [9.17, 15) is 19.2 Å². The van der Waals surface area contributed by atoms with Crippen molar-refractivity contribution in [2.75, 3.05) is 6.61 Å². The topological polar surface area (TPSA) is 128 Å². The molecule has 0 saturated heterocycles. The summed E-state index contributed by atoms with van der Waals surface area (Å²) in [5.41, 5.74) is 6.27. The molecule has 0 aliphatic carbocycles. The van der Waals surface area contributed by atoms with Crippen LogP contribution in [-0.2, 0) is 23.9 Å². The summed E-state index contributed by atoms with van der Waals surface area (Å²) >= 11 is 0. The maximum absolute atomic E-state index is 12.1. The predicted molar refractivity (Wildman–Crippen MR) is 104 cm³/mol. The molecule has 1 rings (SSSR count). The van der Waals surface area contributed by atoms with Crippen molar-refractivity contribution < 1.29 is 23.9 Å². The van der Waals surface area contributed by atoms with Gasteiger partial charge >= 0.3 is 5.97 Å². The normalized spacial score (nSPS) is 13.7. The van der Waals surface area contributed by atoms with Gasteiger partial charge in [0, 0.05) is 12.8 Å². The van der Waals surface area contributed by atoms with Gasteiger partial charge in [0.05, 0.1) is 18.6 Å². The third kappa shape index (κ3) is 8.20. The molecule has 154 valence electrons. The second-order valence-corrected chi connectivity index (χ2v) is 6.61. The SMILES string of the molecule is CCOC(=O)[C@H](C)C[C@H](NC(=O)CCC(=O)N[C@H](C)c1ccccc1)C(N)=O. The van der Waals surface area contributed by atoms with Crippen molar-refractivity contribution in [3.8, 4) is 0 Å². The number of primary amides is 1. The van der Waals surface area contributed by atoms with Crippen LogP contribution in [0, 0.1) is 5.92 Å². The summed E-state index contributed by atoms with van der Waals surface area (Å²) in [6.07, 6.45) is -0.0794. The van der Waals surface area contributed by atoms with Gasteiger partial charge in [-0.15, -0.1) is 0 Å². The first-order valence-corrected chi connectivity index (χ1v) is 9.34. The Hall–Kier alpha value is -2.90. The minimum absolute atomic E-state index is 0.0259. The number of nitrogens with one attached hydrogen (secondary N) is 2. The Labute approximate surface area is 165 Å². The van der Waals surface area contributed by atoms with Crippen LogP contribution in [0.3, 0.4) is 0 Å². The number of carbonyl (C=O) groups is 4. The highest BCUT2D eigenvalue weighted by atomic mass is 16.5. The van der Waals surface area contributed by atoms with E-state index in [-0.39, 0.29) is 37.8 Å². The van der Waals surface area contributed by atoms with Crippen molar-refractivity contribution in [3.05, 3.63) is 35.9 Å². The van der Waals surface area contributed by atoms with Crippen LogP contribution in [0.5, 0.6) is 0 Å². The molecule has 3 amide bonds. The summed E-state index contributed by atoms with van der Waals surface area (Å²) in [7, 11) is 0. The van der Waals surface area contributed by atoms with Crippen molar-refractivity contribution in [1.29, 1.82) is 0 Å². The highest BCUT2D eigenvalue weighted by Gasteiger charge is 2.25. The lowest BCUT2D eigenvalue weighted by atomic mass is 10.0. The van der Waals surface area contributed by atoms with Crippen LogP contribution < -0.4 is 16.4 Å². The summed E-state index contributed by atoms with van der Waals surface area (Å²) in [5, 5.41) is 5.30. The van der Waals surface area contributed by atoms with Crippen LogP contribution in [0.1, 0.15) is 51.6 Å². The molecule has 0 aliphatic rings. The van der Waals surface area contributed by atoms with Gasteiger partial charge in [-0.2, -0.15) is 0 Å². The lowest BCUT2D eigenvalue weighted by molar-refractivity contribution is -0.148. The van der Waals surface area contributed by atoms with Crippen molar-refractivity contribution in [1.82, 2.24) is 10.6 Å². The summed E-state index contributed by atoms with van der Waals surface area (Å²) in [4.78, 5) is 47.4. The molecule has 0 radical (unpaired) electrons. The zero-order chi connectivity index (χ0) is 21.1. The summed E-state index contributed by atoms with van der Waals surface area (Å²) < 4.78 is 4.88. The molecule has 0 saturated carbocycles. The highest BCUT2D eigenvalue weighted by Crippen LogP contribution is 2.12. The average molecular weight is 391 g/mol. The van der Waals surface area contributed by atoms with Gasteiger partial charge in [-0.3, -0.25) is 19.2 Å². The minimum Gasteiger partial charge on any atom is -0.466 e. The second-order valence-electron chi connectivity index (χ2n) is 6.61. The molecule has 8 heteroatoms. The van der Waals surface area contributed by atoms with Crippen LogP contribution >= 0.6 is 0 Å². The lowest BCUT2D eigenvalue weighted by Crippen LogP contribution is -2.46. The van der Waals surface area contributed by atoms with E-state index in [4.69, 9.17) is 10.5 Å². The fraction of sp³-hybridized carbons (Fsp3) is 0.500. The Morgan fingerprint density at radius 2 is 1.57 bits per heavy atom. The smallest absolute Gasteiger partial charge is 0.308 e. The molecule has 0 aliphatic heterocycles. The van der Waals surface area contributed by atoms with E-state index >= 15 is 0 Å². The maximum atomic E-state index is 12.1. The van der Waals surface area contributed by atoms with E-state index in [0.717, 1.165) is 5.56 Å². The molecule has 0 fully saturated rings. The second kappa shape index (κ2) is 11.7. The molecule has 0 spiro atoms. The Bertz CT molecular complexity index is 678. The van der Waals surface area contributed by atoms with Crippen LogP contribution in [0.25, 0.3) is 0 Å². The average Bonchev–Trinajstić information content (AvgIpc) is 2.66. The molecular weight excluding hydrogens is 362 g/mol. The van der Waals surface area contributed by atoms with Crippen molar-refractivity contribution in [2.45, 2.75) is 52.1 Å². The first-order chi connectivity index (χ1) is 13.2. The Morgan fingerprint density at radius 1 is 1.00 bits per heavy atom. The van der Waals surface area contributed by atoms with E-state index in [0.29, 0.717) is 0 Å². The Kier molecular flexibility index (Phi) is 9.70. The molecule has 0 unspecified atom stereocenters. The first kappa shape index (κ1) is 23.1. The number of carbonyl (C=O) groups excluding carboxylic acids is 4. The number of hydrogen-bond acceptors (Lipinski definition) is 5. The van der Waals surface area contributed by atoms with Crippen LogP contribution in [0.4, 0.5) is 0 Å². The van der Waals surface area contributed by atoms with E-state index in [1.54, 1.807) is 13.8 Å². The molecular formula is C20H29N3O5. The van der Waals surface area contributed by atoms with Crippen LogP contribution in [0.2, 0.25) is 0 Å². The molecule has 1 aromatic rings. The third-order valence-electron chi connectivity index (χ3n) is 4.21. The van der Waals surface area contributed by atoms with E-state index in [1.807, 2.05) is 37.3 Å². The molecule has 0 bridgehead atoms. The monoisotopic (exact) mass is 391 g/mol. The zero-order valence-electron chi connectivity index (χ0n) is 16.6. The van der Waals surface area contributed by atoms with Gasteiger partial charge < -0.3 is 21.1 Å². The molecule has 8 nitrogen and oxygen atoms in total. The highest BCUT2D eigenvalue weighted by molar-refractivity contribution is 5.89. The fourth-order valence-electron chi connectivity index (χ4n) is 2.61. The van der Waals surface area contributed by atoms with E-state index < -0.39 is 29.7 Å². The van der Waals surface area contributed by atoms with E-state index in [1.165, 1.54) is 0 Å². The summed E-state index contributed by atoms with van der Waals surface area (Å²) in [5.74, 6) is -2.55. The van der Waals surface area contributed by atoms with E-state index in [2.05, 4.69) is 10.6 Å². The Morgan fingerprint density at radius 3 is 2.11 bits per heavy atom. The molecule has 0 heterocycles. The minimum atomic E-state index is -1.00. The largest absolute Gasteiger partial charge is 0.466 e. The van der Waals surface area contributed by atoms with Crippen molar-refractivity contribution >= 4 is 23.7 Å². The Balaban J connectivity index is 2.46. The zero-order valence-corrected chi connectivity index (χ0v) is 16.6.